The Morgan fingerprint density at radius 3 is 2.32 bits per heavy atom. The maximum Gasteiger partial charge on any atom is 0.220 e. The highest BCUT2D eigenvalue weighted by atomic mass is 16.1. The molecule has 0 atom stereocenters. The third-order valence-electron chi connectivity index (χ3n) is 5.11. The van der Waals surface area contributed by atoms with E-state index in [0.29, 0.717) is 13.0 Å². The zero-order valence-electron chi connectivity index (χ0n) is 15.3. The number of amides is 1. The van der Waals surface area contributed by atoms with Crippen molar-refractivity contribution in [3.63, 3.8) is 0 Å². The van der Waals surface area contributed by atoms with Gasteiger partial charge in [-0.05, 0) is 67.5 Å². The molecule has 0 saturated carbocycles. The highest BCUT2D eigenvalue weighted by Gasteiger charge is 2.11. The molecule has 0 bridgehead atoms. The summed E-state index contributed by atoms with van der Waals surface area (Å²) in [5.41, 5.74) is 6.26. The number of carbonyl (C=O) groups is 1. The van der Waals surface area contributed by atoms with Crippen molar-refractivity contribution >= 4 is 11.6 Å². The molecular formula is C22H28N2O. The molecule has 2 aromatic carbocycles. The molecule has 1 aliphatic heterocycles. The Morgan fingerprint density at radius 1 is 0.960 bits per heavy atom. The molecule has 132 valence electrons. The predicted molar refractivity (Wildman–Crippen MR) is 104 cm³/mol. The summed E-state index contributed by atoms with van der Waals surface area (Å²) < 4.78 is 0. The summed E-state index contributed by atoms with van der Waals surface area (Å²) in [6, 6.07) is 15.0. The molecule has 1 fully saturated rings. The van der Waals surface area contributed by atoms with Gasteiger partial charge in [0.05, 0.1) is 0 Å². The van der Waals surface area contributed by atoms with Gasteiger partial charge in [0.2, 0.25) is 5.91 Å². The van der Waals surface area contributed by atoms with Crippen LogP contribution in [0.5, 0.6) is 0 Å². The molecule has 25 heavy (non-hydrogen) atoms. The first-order valence-corrected chi connectivity index (χ1v) is 9.28. The van der Waals surface area contributed by atoms with Gasteiger partial charge in [-0.15, -0.1) is 0 Å². The summed E-state index contributed by atoms with van der Waals surface area (Å²) in [6.07, 6.45) is 3.91. The van der Waals surface area contributed by atoms with E-state index in [4.69, 9.17) is 0 Å². The first-order chi connectivity index (χ1) is 12.1. The summed E-state index contributed by atoms with van der Waals surface area (Å²) >= 11 is 0. The molecule has 0 unspecified atom stereocenters. The molecule has 1 heterocycles. The highest BCUT2D eigenvalue weighted by molar-refractivity contribution is 5.76. The van der Waals surface area contributed by atoms with Crippen LogP contribution in [0.25, 0.3) is 0 Å². The van der Waals surface area contributed by atoms with Crippen molar-refractivity contribution in [1.82, 2.24) is 5.32 Å². The molecular weight excluding hydrogens is 308 g/mol. The zero-order valence-corrected chi connectivity index (χ0v) is 15.3. The monoisotopic (exact) mass is 336 g/mol. The number of carbonyl (C=O) groups excluding carboxylic acids is 1. The van der Waals surface area contributed by atoms with E-state index in [-0.39, 0.29) is 5.91 Å². The van der Waals surface area contributed by atoms with Gasteiger partial charge < -0.3 is 10.2 Å². The number of anilines is 1. The van der Waals surface area contributed by atoms with Gasteiger partial charge in [0, 0.05) is 31.7 Å². The van der Waals surface area contributed by atoms with Crippen LogP contribution in [-0.4, -0.2) is 19.0 Å². The molecule has 1 saturated heterocycles. The largest absolute Gasteiger partial charge is 0.372 e. The molecule has 0 aromatic heterocycles. The fourth-order valence-corrected chi connectivity index (χ4v) is 3.31. The molecule has 3 rings (SSSR count). The van der Waals surface area contributed by atoms with Gasteiger partial charge in [0.1, 0.15) is 0 Å². The molecule has 2 aromatic rings. The smallest absolute Gasteiger partial charge is 0.220 e. The number of nitrogens with zero attached hydrogens (tertiary/aromatic N) is 1. The summed E-state index contributed by atoms with van der Waals surface area (Å²) in [5.74, 6) is 0.113. The van der Waals surface area contributed by atoms with E-state index in [1.165, 1.54) is 35.2 Å². The van der Waals surface area contributed by atoms with E-state index < -0.39 is 0 Å². The Kier molecular flexibility index (Phi) is 5.75. The second-order valence-corrected chi connectivity index (χ2v) is 7.06. The van der Waals surface area contributed by atoms with Gasteiger partial charge >= 0.3 is 0 Å². The summed E-state index contributed by atoms with van der Waals surface area (Å²) in [5, 5.41) is 3.03. The van der Waals surface area contributed by atoms with Gasteiger partial charge in [0.25, 0.3) is 0 Å². The van der Waals surface area contributed by atoms with E-state index in [1.54, 1.807) is 0 Å². The molecule has 1 N–H and O–H groups in total. The lowest BCUT2D eigenvalue weighted by molar-refractivity contribution is -0.121. The van der Waals surface area contributed by atoms with E-state index in [0.717, 1.165) is 25.1 Å². The minimum atomic E-state index is 0.113. The van der Waals surface area contributed by atoms with Gasteiger partial charge in [-0.25, -0.2) is 0 Å². The minimum Gasteiger partial charge on any atom is -0.372 e. The summed E-state index contributed by atoms with van der Waals surface area (Å²) in [6.45, 7) is 7.15. The lowest BCUT2D eigenvalue weighted by atomic mass is 10.0. The third kappa shape index (κ3) is 4.85. The minimum absolute atomic E-state index is 0.113. The van der Waals surface area contributed by atoms with Crippen LogP contribution in [0.3, 0.4) is 0 Å². The van der Waals surface area contributed by atoms with Crippen molar-refractivity contribution in [2.24, 2.45) is 0 Å². The molecule has 0 aliphatic carbocycles. The first-order valence-electron chi connectivity index (χ1n) is 9.28. The Morgan fingerprint density at radius 2 is 1.64 bits per heavy atom. The number of benzene rings is 2. The SMILES string of the molecule is Cc1ccc(CCC(=O)NCc2ccc(N3CCCC3)cc2)cc1C. The van der Waals surface area contributed by atoms with E-state index >= 15 is 0 Å². The topological polar surface area (TPSA) is 32.3 Å². The number of rotatable bonds is 6. The Balaban J connectivity index is 1.44. The lowest BCUT2D eigenvalue weighted by Gasteiger charge is -2.17. The van der Waals surface area contributed by atoms with Gasteiger partial charge in [-0.2, -0.15) is 0 Å². The Bertz CT molecular complexity index is 715. The van der Waals surface area contributed by atoms with Crippen LogP contribution in [0.15, 0.2) is 42.5 Å². The van der Waals surface area contributed by atoms with Crippen LogP contribution in [-0.2, 0) is 17.8 Å². The molecule has 3 nitrogen and oxygen atoms in total. The van der Waals surface area contributed by atoms with Crippen molar-refractivity contribution in [2.75, 3.05) is 18.0 Å². The maximum atomic E-state index is 12.1. The predicted octanol–water partition coefficient (Wildman–Crippen LogP) is 4.15. The van der Waals surface area contributed by atoms with Crippen LogP contribution >= 0.6 is 0 Å². The van der Waals surface area contributed by atoms with Gasteiger partial charge in [-0.1, -0.05) is 30.3 Å². The highest BCUT2D eigenvalue weighted by Crippen LogP contribution is 2.20. The first kappa shape index (κ1) is 17.5. The van der Waals surface area contributed by atoms with Crippen molar-refractivity contribution in [2.45, 2.75) is 46.1 Å². The van der Waals surface area contributed by atoms with Crippen molar-refractivity contribution < 1.29 is 4.79 Å². The maximum absolute atomic E-state index is 12.1. The van der Waals surface area contributed by atoms with Crippen LogP contribution in [0.4, 0.5) is 5.69 Å². The van der Waals surface area contributed by atoms with Crippen LogP contribution in [0.1, 0.15) is 41.5 Å². The van der Waals surface area contributed by atoms with E-state index in [9.17, 15) is 4.79 Å². The van der Waals surface area contributed by atoms with E-state index in [2.05, 4.69) is 66.5 Å². The number of nitrogens with one attached hydrogen (secondary N) is 1. The second-order valence-electron chi connectivity index (χ2n) is 7.06. The van der Waals surface area contributed by atoms with Crippen molar-refractivity contribution in [1.29, 1.82) is 0 Å². The standard InChI is InChI=1S/C22H28N2O/c1-17-5-6-19(15-18(17)2)9-12-22(25)23-16-20-7-10-21(11-8-20)24-13-3-4-14-24/h5-8,10-11,15H,3-4,9,12-14,16H2,1-2H3,(H,23,25). The van der Waals surface area contributed by atoms with Crippen molar-refractivity contribution in [3.05, 3.63) is 64.7 Å². The molecule has 0 radical (unpaired) electrons. The fraction of sp³-hybridized carbons (Fsp3) is 0.409. The van der Waals surface area contributed by atoms with Crippen LogP contribution < -0.4 is 10.2 Å². The summed E-state index contributed by atoms with van der Waals surface area (Å²) in [7, 11) is 0. The third-order valence-corrected chi connectivity index (χ3v) is 5.11. The number of aryl methyl sites for hydroxylation is 3. The Labute approximate surface area is 151 Å². The van der Waals surface area contributed by atoms with Gasteiger partial charge in [0.15, 0.2) is 0 Å². The normalized spacial score (nSPS) is 13.9. The lowest BCUT2D eigenvalue weighted by Crippen LogP contribution is -2.23. The van der Waals surface area contributed by atoms with Gasteiger partial charge in [-0.3, -0.25) is 4.79 Å². The van der Waals surface area contributed by atoms with Crippen LogP contribution in [0, 0.1) is 13.8 Å². The molecule has 0 spiro atoms. The average molecular weight is 336 g/mol. The average Bonchev–Trinajstić information content (AvgIpc) is 3.16. The quantitative estimate of drug-likeness (QED) is 0.859. The number of hydrogen-bond donors (Lipinski definition) is 1. The molecule has 3 heteroatoms. The second kappa shape index (κ2) is 8.19. The van der Waals surface area contributed by atoms with Crippen LogP contribution in [0.2, 0.25) is 0 Å². The zero-order chi connectivity index (χ0) is 17.6. The van der Waals surface area contributed by atoms with Crippen molar-refractivity contribution in [3.8, 4) is 0 Å². The number of hydrogen-bond acceptors (Lipinski definition) is 2. The molecule has 1 amide bonds. The Hall–Kier alpha value is -2.29. The summed E-state index contributed by atoms with van der Waals surface area (Å²) in [4.78, 5) is 14.5. The fourth-order valence-electron chi connectivity index (χ4n) is 3.31. The van der Waals surface area contributed by atoms with E-state index in [1.807, 2.05) is 0 Å². The molecule has 1 aliphatic rings.